The number of amides is 2. The number of aromatic nitrogens is 2. The highest BCUT2D eigenvalue weighted by atomic mass is 16.5. The van der Waals surface area contributed by atoms with E-state index in [4.69, 9.17) is 4.74 Å². The number of anilines is 1. The Balaban J connectivity index is 1.40. The van der Waals surface area contributed by atoms with Gasteiger partial charge in [0.15, 0.2) is 0 Å². The van der Waals surface area contributed by atoms with Crippen molar-refractivity contribution in [3.05, 3.63) is 42.2 Å². The summed E-state index contributed by atoms with van der Waals surface area (Å²) in [7, 11) is 3.39. The van der Waals surface area contributed by atoms with Crippen molar-refractivity contribution in [3.8, 4) is 5.75 Å². The van der Waals surface area contributed by atoms with Crippen LogP contribution in [-0.2, 0) is 11.8 Å². The third-order valence-corrected chi connectivity index (χ3v) is 4.63. The number of methoxy groups -OCH3 is 1. The number of piperidine rings is 1. The largest absolute Gasteiger partial charge is 0.497 e. The van der Waals surface area contributed by atoms with Gasteiger partial charge in [-0.25, -0.2) is 0 Å². The molecule has 1 aromatic carbocycles. The summed E-state index contributed by atoms with van der Waals surface area (Å²) in [5, 5.41) is 9.95. The highest BCUT2D eigenvalue weighted by molar-refractivity contribution is 5.94. The van der Waals surface area contributed by atoms with Gasteiger partial charge in [0.25, 0.3) is 5.91 Å². The van der Waals surface area contributed by atoms with Gasteiger partial charge in [-0.2, -0.15) is 5.10 Å². The predicted octanol–water partition coefficient (Wildman–Crippen LogP) is 1.26. The van der Waals surface area contributed by atoms with Gasteiger partial charge in [0.05, 0.1) is 25.4 Å². The Morgan fingerprint density at radius 1 is 1.22 bits per heavy atom. The molecule has 8 nitrogen and oxygen atoms in total. The first kappa shape index (κ1) is 18.9. The highest BCUT2D eigenvalue weighted by Gasteiger charge is 2.22. The number of likely N-dealkylation sites (tertiary alicyclic amines) is 1. The van der Waals surface area contributed by atoms with Crippen LogP contribution in [0.1, 0.15) is 23.2 Å². The molecule has 1 aliphatic heterocycles. The number of nitrogens with one attached hydrogen (secondary N) is 2. The molecule has 27 heavy (non-hydrogen) atoms. The molecule has 0 radical (unpaired) electrons. The summed E-state index contributed by atoms with van der Waals surface area (Å²) in [4.78, 5) is 26.5. The zero-order valence-corrected chi connectivity index (χ0v) is 15.6. The summed E-state index contributed by atoms with van der Waals surface area (Å²) in [6, 6.07) is 7.38. The lowest BCUT2D eigenvalue weighted by Gasteiger charge is -2.31. The lowest BCUT2D eigenvalue weighted by atomic mass is 10.0. The maximum Gasteiger partial charge on any atom is 0.254 e. The van der Waals surface area contributed by atoms with E-state index in [-0.39, 0.29) is 17.9 Å². The third-order valence-electron chi connectivity index (χ3n) is 4.63. The zero-order chi connectivity index (χ0) is 19.2. The van der Waals surface area contributed by atoms with E-state index in [1.165, 1.54) is 0 Å². The normalized spacial score (nSPS) is 15.3. The zero-order valence-electron chi connectivity index (χ0n) is 15.6. The smallest absolute Gasteiger partial charge is 0.254 e. The van der Waals surface area contributed by atoms with Crippen molar-refractivity contribution in [3.63, 3.8) is 0 Å². The summed E-state index contributed by atoms with van der Waals surface area (Å²) in [6.07, 6.45) is 4.91. The molecule has 144 valence electrons. The quantitative estimate of drug-likeness (QED) is 0.798. The second kappa shape index (κ2) is 8.68. The molecule has 0 spiro atoms. The Labute approximate surface area is 158 Å². The van der Waals surface area contributed by atoms with Crippen LogP contribution in [0.15, 0.2) is 36.7 Å². The summed E-state index contributed by atoms with van der Waals surface area (Å²) in [5.74, 6) is 0.611. The topological polar surface area (TPSA) is 88.5 Å². The Kier molecular flexibility index (Phi) is 6.08. The Bertz CT molecular complexity index is 779. The van der Waals surface area contributed by atoms with E-state index in [2.05, 4.69) is 20.6 Å². The number of benzene rings is 1. The minimum atomic E-state index is -0.0983. The van der Waals surface area contributed by atoms with Gasteiger partial charge in [0.1, 0.15) is 5.75 Å². The van der Waals surface area contributed by atoms with Crippen molar-refractivity contribution in [2.75, 3.05) is 32.1 Å². The van der Waals surface area contributed by atoms with Gasteiger partial charge in [-0.05, 0) is 37.1 Å². The van der Waals surface area contributed by atoms with Crippen molar-refractivity contribution in [1.29, 1.82) is 0 Å². The molecule has 2 heterocycles. The minimum absolute atomic E-state index is 0.0435. The molecule has 8 heteroatoms. The van der Waals surface area contributed by atoms with Gasteiger partial charge in [0.2, 0.25) is 5.91 Å². The number of aryl methyl sites for hydroxylation is 1. The van der Waals surface area contributed by atoms with Crippen LogP contribution in [0.3, 0.4) is 0 Å². The van der Waals surface area contributed by atoms with E-state index in [0.29, 0.717) is 12.1 Å². The van der Waals surface area contributed by atoms with E-state index >= 15 is 0 Å². The SMILES string of the molecule is COc1ccc(NC(=O)CN2CCC(NC(=O)c3cnn(C)c3)CC2)cc1. The first-order valence-electron chi connectivity index (χ1n) is 8.99. The number of nitrogens with zero attached hydrogens (tertiary/aromatic N) is 3. The van der Waals surface area contributed by atoms with Crippen molar-refractivity contribution < 1.29 is 14.3 Å². The third kappa shape index (κ3) is 5.30. The molecule has 0 atom stereocenters. The summed E-state index contributed by atoms with van der Waals surface area (Å²) >= 11 is 0. The van der Waals surface area contributed by atoms with E-state index in [1.807, 2.05) is 24.3 Å². The average Bonchev–Trinajstić information content (AvgIpc) is 3.10. The molecular formula is C19H25N5O3. The molecule has 0 aliphatic carbocycles. The first-order chi connectivity index (χ1) is 13.0. The summed E-state index contributed by atoms with van der Waals surface area (Å²) in [6.45, 7) is 1.89. The van der Waals surface area contributed by atoms with Gasteiger partial charge >= 0.3 is 0 Å². The monoisotopic (exact) mass is 371 g/mol. The first-order valence-corrected chi connectivity index (χ1v) is 8.99. The van der Waals surface area contributed by atoms with E-state index < -0.39 is 0 Å². The fraction of sp³-hybridized carbons (Fsp3) is 0.421. The lowest BCUT2D eigenvalue weighted by Crippen LogP contribution is -2.46. The second-order valence-corrected chi connectivity index (χ2v) is 6.70. The predicted molar refractivity (Wildman–Crippen MR) is 102 cm³/mol. The van der Waals surface area contributed by atoms with Crippen LogP contribution < -0.4 is 15.4 Å². The van der Waals surface area contributed by atoms with Gasteiger partial charge < -0.3 is 15.4 Å². The maximum atomic E-state index is 12.2. The molecule has 0 bridgehead atoms. The van der Waals surface area contributed by atoms with Crippen molar-refractivity contribution in [1.82, 2.24) is 20.0 Å². The van der Waals surface area contributed by atoms with Gasteiger partial charge in [-0.1, -0.05) is 0 Å². The van der Waals surface area contributed by atoms with Crippen molar-refractivity contribution in [2.45, 2.75) is 18.9 Å². The van der Waals surface area contributed by atoms with Crippen LogP contribution in [0.2, 0.25) is 0 Å². The lowest BCUT2D eigenvalue weighted by molar-refractivity contribution is -0.117. The van der Waals surface area contributed by atoms with E-state index in [1.54, 1.807) is 31.2 Å². The number of hydrogen-bond donors (Lipinski definition) is 2. The van der Waals surface area contributed by atoms with Gasteiger partial charge in [-0.3, -0.25) is 19.2 Å². The standard InChI is InChI=1S/C19H25N5O3/c1-23-12-14(11-20-23)19(26)22-16-7-9-24(10-8-16)13-18(25)21-15-3-5-17(27-2)6-4-15/h3-6,11-12,16H,7-10,13H2,1-2H3,(H,21,25)(H,22,26). The van der Waals surface area contributed by atoms with Crippen molar-refractivity contribution in [2.24, 2.45) is 7.05 Å². The minimum Gasteiger partial charge on any atom is -0.497 e. The average molecular weight is 371 g/mol. The number of rotatable bonds is 6. The molecule has 0 unspecified atom stereocenters. The molecule has 2 aromatic rings. The Hall–Kier alpha value is -2.87. The molecular weight excluding hydrogens is 346 g/mol. The van der Waals surface area contributed by atoms with Crippen LogP contribution in [0.25, 0.3) is 0 Å². The summed E-state index contributed by atoms with van der Waals surface area (Å²) in [5.41, 5.74) is 1.32. The molecule has 2 amide bonds. The molecule has 1 aliphatic rings. The van der Waals surface area contributed by atoms with Crippen LogP contribution in [0.4, 0.5) is 5.69 Å². The number of carbonyl (C=O) groups excluding carboxylic acids is 2. The Morgan fingerprint density at radius 3 is 2.52 bits per heavy atom. The molecule has 0 saturated carbocycles. The fourth-order valence-corrected chi connectivity index (χ4v) is 3.12. The fourth-order valence-electron chi connectivity index (χ4n) is 3.12. The van der Waals surface area contributed by atoms with Crippen LogP contribution >= 0.6 is 0 Å². The van der Waals surface area contributed by atoms with Gasteiger partial charge in [-0.15, -0.1) is 0 Å². The van der Waals surface area contributed by atoms with Crippen LogP contribution in [0, 0.1) is 0 Å². The maximum absolute atomic E-state index is 12.2. The molecule has 1 saturated heterocycles. The molecule has 2 N–H and O–H groups in total. The molecule has 1 fully saturated rings. The highest BCUT2D eigenvalue weighted by Crippen LogP contribution is 2.15. The van der Waals surface area contributed by atoms with Crippen LogP contribution in [0.5, 0.6) is 5.75 Å². The summed E-state index contributed by atoms with van der Waals surface area (Å²) < 4.78 is 6.72. The van der Waals surface area contributed by atoms with E-state index in [0.717, 1.165) is 37.4 Å². The van der Waals surface area contributed by atoms with Gasteiger partial charge in [0, 0.05) is 38.1 Å². The second-order valence-electron chi connectivity index (χ2n) is 6.70. The van der Waals surface area contributed by atoms with Crippen LogP contribution in [-0.4, -0.2) is 59.3 Å². The van der Waals surface area contributed by atoms with E-state index in [9.17, 15) is 9.59 Å². The number of ether oxygens (including phenoxy) is 1. The molecule has 3 rings (SSSR count). The van der Waals surface area contributed by atoms with Crippen molar-refractivity contribution >= 4 is 17.5 Å². The number of hydrogen-bond acceptors (Lipinski definition) is 5. The number of carbonyl (C=O) groups is 2. The molecule has 1 aromatic heterocycles. The Morgan fingerprint density at radius 2 is 1.93 bits per heavy atom.